The second kappa shape index (κ2) is 7.04. The molecule has 1 aromatic heterocycles. The summed E-state index contributed by atoms with van der Waals surface area (Å²) in [6.07, 6.45) is 1.60. The molecule has 0 saturated carbocycles. The van der Waals surface area contributed by atoms with E-state index in [-0.39, 0.29) is 0 Å². The second-order valence-corrected chi connectivity index (χ2v) is 6.71. The van der Waals surface area contributed by atoms with Gasteiger partial charge in [0.1, 0.15) is 0 Å². The van der Waals surface area contributed by atoms with Crippen LogP contribution in [0.2, 0.25) is 0 Å². The third kappa shape index (κ3) is 3.65. The van der Waals surface area contributed by atoms with E-state index in [9.17, 15) is 8.42 Å². The van der Waals surface area contributed by atoms with E-state index < -0.39 is 10.0 Å². The zero-order valence-electron chi connectivity index (χ0n) is 10.8. The third-order valence-corrected chi connectivity index (χ3v) is 5.51. The lowest BCUT2D eigenvalue weighted by Crippen LogP contribution is -2.30. The Balaban J connectivity index is 2.90. The number of sulfonamides is 1. The van der Waals surface area contributed by atoms with E-state index in [0.717, 1.165) is 11.4 Å². The molecule has 0 saturated heterocycles. The van der Waals surface area contributed by atoms with Crippen molar-refractivity contribution in [2.45, 2.75) is 25.3 Å². The maximum absolute atomic E-state index is 12.3. The van der Waals surface area contributed by atoms with Crippen molar-refractivity contribution in [3.8, 4) is 0 Å². The van der Waals surface area contributed by atoms with Crippen LogP contribution in [-0.4, -0.2) is 32.4 Å². The number of likely N-dealkylation sites (N-methyl/N-ethyl adjacent to an activating group) is 1. The Morgan fingerprint density at radius 3 is 2.78 bits per heavy atom. The maximum Gasteiger partial charge on any atom is 0.244 e. The van der Waals surface area contributed by atoms with Crippen molar-refractivity contribution in [3.63, 3.8) is 0 Å². The van der Waals surface area contributed by atoms with Crippen molar-refractivity contribution in [3.05, 3.63) is 29.0 Å². The normalized spacial score (nSPS) is 11.9. The molecule has 1 aromatic rings. The van der Waals surface area contributed by atoms with Crippen LogP contribution in [0.5, 0.6) is 0 Å². The first-order valence-electron chi connectivity index (χ1n) is 5.95. The van der Waals surface area contributed by atoms with E-state index in [1.165, 1.54) is 15.6 Å². The Labute approximate surface area is 113 Å². The summed E-state index contributed by atoms with van der Waals surface area (Å²) in [5.41, 5.74) is 0. The molecule has 0 fully saturated rings. The Bertz CT molecular complexity index is 480. The van der Waals surface area contributed by atoms with Gasteiger partial charge in [-0.25, -0.2) is 8.42 Å². The Morgan fingerprint density at radius 1 is 1.50 bits per heavy atom. The van der Waals surface area contributed by atoms with E-state index in [1.54, 1.807) is 17.5 Å². The minimum atomic E-state index is -3.37. The highest BCUT2D eigenvalue weighted by molar-refractivity contribution is 7.89. The summed E-state index contributed by atoms with van der Waals surface area (Å²) in [4.78, 5) is 1.41. The molecule has 0 aromatic carbocycles. The molecule has 1 heterocycles. The highest BCUT2D eigenvalue weighted by Crippen LogP contribution is 2.22. The predicted molar refractivity (Wildman–Crippen MR) is 76.3 cm³/mol. The van der Waals surface area contributed by atoms with Crippen LogP contribution in [0.4, 0.5) is 0 Å². The number of hydrogen-bond donors (Lipinski definition) is 1. The van der Waals surface area contributed by atoms with Gasteiger partial charge in [-0.15, -0.1) is 17.9 Å². The van der Waals surface area contributed by atoms with E-state index in [2.05, 4.69) is 11.9 Å². The molecule has 0 aliphatic rings. The summed E-state index contributed by atoms with van der Waals surface area (Å²) < 4.78 is 26.0. The standard InChI is InChI=1S/C12H20N2O2S2/c1-4-7-14(6-3)18(15,16)12-8-11(17-10-12)9-13-5-2/h4,8,10,13H,1,5-7,9H2,2-3H3. The molecular formula is C12H20N2O2S2. The summed E-state index contributed by atoms with van der Waals surface area (Å²) in [5.74, 6) is 0. The van der Waals surface area contributed by atoms with Crippen molar-refractivity contribution in [1.29, 1.82) is 0 Å². The summed E-state index contributed by atoms with van der Waals surface area (Å²) in [5, 5.41) is 4.89. The van der Waals surface area contributed by atoms with E-state index in [0.29, 0.717) is 24.5 Å². The van der Waals surface area contributed by atoms with Crippen LogP contribution in [0.15, 0.2) is 29.0 Å². The first-order valence-corrected chi connectivity index (χ1v) is 8.27. The molecule has 6 heteroatoms. The zero-order chi connectivity index (χ0) is 13.6. The largest absolute Gasteiger partial charge is 0.312 e. The molecule has 0 bridgehead atoms. The second-order valence-electron chi connectivity index (χ2n) is 3.77. The lowest BCUT2D eigenvalue weighted by atomic mass is 10.4. The molecule has 0 amide bonds. The average Bonchev–Trinajstić information content (AvgIpc) is 2.82. The first kappa shape index (κ1) is 15.4. The molecule has 1 rings (SSSR count). The fraction of sp³-hybridized carbons (Fsp3) is 0.500. The highest BCUT2D eigenvalue weighted by Gasteiger charge is 2.23. The summed E-state index contributed by atoms with van der Waals surface area (Å²) in [7, 11) is -3.37. The molecule has 18 heavy (non-hydrogen) atoms. The van der Waals surface area contributed by atoms with Gasteiger partial charge in [-0.05, 0) is 12.6 Å². The quantitative estimate of drug-likeness (QED) is 0.745. The van der Waals surface area contributed by atoms with Crippen LogP contribution in [-0.2, 0) is 16.6 Å². The van der Waals surface area contributed by atoms with Crippen LogP contribution >= 0.6 is 11.3 Å². The van der Waals surface area contributed by atoms with Crippen molar-refractivity contribution in [2.24, 2.45) is 0 Å². The van der Waals surface area contributed by atoms with Gasteiger partial charge < -0.3 is 5.32 Å². The van der Waals surface area contributed by atoms with Gasteiger partial charge in [0.2, 0.25) is 10.0 Å². The number of hydrogen-bond acceptors (Lipinski definition) is 4. The maximum atomic E-state index is 12.3. The molecule has 0 aliphatic heterocycles. The van der Waals surface area contributed by atoms with Gasteiger partial charge in [0.15, 0.2) is 0 Å². The number of nitrogens with one attached hydrogen (secondary N) is 1. The van der Waals surface area contributed by atoms with Crippen molar-refractivity contribution < 1.29 is 8.42 Å². The molecule has 0 spiro atoms. The van der Waals surface area contributed by atoms with Crippen molar-refractivity contribution >= 4 is 21.4 Å². The average molecular weight is 288 g/mol. The molecule has 4 nitrogen and oxygen atoms in total. The zero-order valence-corrected chi connectivity index (χ0v) is 12.5. The predicted octanol–water partition coefficient (Wildman–Crippen LogP) is 2.05. The molecule has 0 aliphatic carbocycles. The highest BCUT2D eigenvalue weighted by atomic mass is 32.2. The van der Waals surface area contributed by atoms with Gasteiger partial charge in [-0.2, -0.15) is 4.31 Å². The Kier molecular flexibility index (Phi) is 6.01. The lowest BCUT2D eigenvalue weighted by molar-refractivity contribution is 0.460. The fourth-order valence-electron chi connectivity index (χ4n) is 1.53. The molecule has 0 atom stereocenters. The lowest BCUT2D eigenvalue weighted by Gasteiger charge is -2.17. The van der Waals surface area contributed by atoms with Crippen LogP contribution in [0.3, 0.4) is 0 Å². The third-order valence-electron chi connectivity index (χ3n) is 2.50. The van der Waals surface area contributed by atoms with E-state index in [4.69, 9.17) is 0 Å². The molecule has 1 N–H and O–H groups in total. The SMILES string of the molecule is C=CCN(CC)S(=O)(=O)c1csc(CNCC)c1. The van der Waals surface area contributed by atoms with Crippen LogP contribution in [0.25, 0.3) is 0 Å². The van der Waals surface area contributed by atoms with E-state index >= 15 is 0 Å². The topological polar surface area (TPSA) is 49.4 Å². The van der Waals surface area contributed by atoms with Gasteiger partial charge >= 0.3 is 0 Å². The van der Waals surface area contributed by atoms with Crippen LogP contribution in [0, 0.1) is 0 Å². The summed E-state index contributed by atoms with van der Waals surface area (Å²) in [6.45, 7) is 9.82. The molecular weight excluding hydrogens is 268 g/mol. The van der Waals surface area contributed by atoms with Crippen molar-refractivity contribution in [1.82, 2.24) is 9.62 Å². The first-order chi connectivity index (χ1) is 8.56. The number of nitrogens with zero attached hydrogens (tertiary/aromatic N) is 1. The Hall–Kier alpha value is -0.690. The minimum absolute atomic E-state index is 0.344. The minimum Gasteiger partial charge on any atom is -0.312 e. The smallest absolute Gasteiger partial charge is 0.244 e. The summed E-state index contributed by atoms with van der Waals surface area (Å²) in [6, 6.07) is 1.74. The van der Waals surface area contributed by atoms with Gasteiger partial charge in [0.05, 0.1) is 4.90 Å². The van der Waals surface area contributed by atoms with Crippen LogP contribution in [0.1, 0.15) is 18.7 Å². The van der Waals surface area contributed by atoms with Gasteiger partial charge in [0.25, 0.3) is 0 Å². The molecule has 0 unspecified atom stereocenters. The van der Waals surface area contributed by atoms with Crippen molar-refractivity contribution in [2.75, 3.05) is 19.6 Å². The summed E-state index contributed by atoms with van der Waals surface area (Å²) >= 11 is 1.47. The van der Waals surface area contributed by atoms with E-state index in [1.807, 2.05) is 13.8 Å². The van der Waals surface area contributed by atoms with Gasteiger partial charge in [-0.3, -0.25) is 0 Å². The van der Waals surface area contributed by atoms with Gasteiger partial charge in [0, 0.05) is 29.9 Å². The number of thiophene rings is 1. The monoisotopic (exact) mass is 288 g/mol. The molecule has 0 radical (unpaired) electrons. The van der Waals surface area contributed by atoms with Gasteiger partial charge in [-0.1, -0.05) is 19.9 Å². The van der Waals surface area contributed by atoms with Crippen LogP contribution < -0.4 is 5.32 Å². The molecule has 102 valence electrons. The fourth-order valence-corrected chi connectivity index (χ4v) is 4.18. The number of rotatable bonds is 8. The Morgan fingerprint density at radius 2 is 2.22 bits per heavy atom.